The van der Waals surface area contributed by atoms with Crippen LogP contribution in [-0.2, 0) is 9.59 Å². The SMILES string of the molecule is COc1cc(C2CC(=O)Nc3ncnn32)ccc1OCC(=O)N1CCCC1. The summed E-state index contributed by atoms with van der Waals surface area (Å²) in [4.78, 5) is 30.0. The van der Waals surface area contributed by atoms with Gasteiger partial charge >= 0.3 is 0 Å². The van der Waals surface area contributed by atoms with Crippen LogP contribution in [0, 0.1) is 0 Å². The zero-order chi connectivity index (χ0) is 18.8. The molecule has 2 aliphatic heterocycles. The van der Waals surface area contributed by atoms with Gasteiger partial charge in [0.15, 0.2) is 18.1 Å². The van der Waals surface area contributed by atoms with E-state index in [0.717, 1.165) is 31.5 Å². The number of fused-ring (bicyclic) bond motifs is 1. The highest BCUT2D eigenvalue weighted by Crippen LogP contribution is 2.34. The third-order valence-electron chi connectivity index (χ3n) is 4.88. The van der Waals surface area contributed by atoms with E-state index in [-0.39, 0.29) is 30.9 Å². The van der Waals surface area contributed by atoms with E-state index in [9.17, 15) is 9.59 Å². The van der Waals surface area contributed by atoms with E-state index >= 15 is 0 Å². The lowest BCUT2D eigenvalue weighted by Crippen LogP contribution is -2.32. The number of likely N-dealkylation sites (tertiary alicyclic amines) is 1. The fraction of sp³-hybridized carbons (Fsp3) is 0.444. The number of amides is 2. The van der Waals surface area contributed by atoms with Gasteiger partial charge in [0.05, 0.1) is 19.6 Å². The van der Waals surface area contributed by atoms with Gasteiger partial charge in [0.25, 0.3) is 5.91 Å². The van der Waals surface area contributed by atoms with Gasteiger partial charge in [0.2, 0.25) is 11.9 Å². The maximum Gasteiger partial charge on any atom is 0.260 e. The Morgan fingerprint density at radius 3 is 2.89 bits per heavy atom. The van der Waals surface area contributed by atoms with Crippen molar-refractivity contribution in [3.05, 3.63) is 30.1 Å². The summed E-state index contributed by atoms with van der Waals surface area (Å²) in [5, 5.41) is 6.89. The second-order valence-electron chi connectivity index (χ2n) is 6.58. The number of rotatable bonds is 5. The molecule has 27 heavy (non-hydrogen) atoms. The molecule has 1 N–H and O–H groups in total. The first-order valence-electron chi connectivity index (χ1n) is 8.93. The number of methoxy groups -OCH3 is 1. The predicted molar refractivity (Wildman–Crippen MR) is 95.7 cm³/mol. The van der Waals surface area contributed by atoms with Gasteiger partial charge in [-0.1, -0.05) is 6.07 Å². The molecule has 1 aromatic heterocycles. The minimum Gasteiger partial charge on any atom is -0.493 e. The molecule has 1 fully saturated rings. The fourth-order valence-corrected chi connectivity index (χ4v) is 3.47. The van der Waals surface area contributed by atoms with Crippen molar-refractivity contribution in [2.75, 3.05) is 32.1 Å². The monoisotopic (exact) mass is 371 g/mol. The summed E-state index contributed by atoms with van der Waals surface area (Å²) in [6.45, 7) is 1.57. The smallest absolute Gasteiger partial charge is 0.260 e. The summed E-state index contributed by atoms with van der Waals surface area (Å²) in [6.07, 6.45) is 3.76. The molecule has 1 unspecified atom stereocenters. The molecule has 9 heteroatoms. The van der Waals surface area contributed by atoms with Gasteiger partial charge in [-0.3, -0.25) is 14.9 Å². The molecule has 4 rings (SSSR count). The van der Waals surface area contributed by atoms with Gasteiger partial charge < -0.3 is 14.4 Å². The van der Waals surface area contributed by atoms with Crippen LogP contribution in [0.4, 0.5) is 5.95 Å². The Morgan fingerprint density at radius 2 is 2.11 bits per heavy atom. The number of carbonyl (C=O) groups excluding carboxylic acids is 2. The van der Waals surface area contributed by atoms with Crippen LogP contribution in [0.2, 0.25) is 0 Å². The van der Waals surface area contributed by atoms with Crippen LogP contribution < -0.4 is 14.8 Å². The second kappa shape index (κ2) is 7.26. The number of hydrogen-bond donors (Lipinski definition) is 1. The molecule has 1 saturated heterocycles. The van der Waals surface area contributed by atoms with Crippen molar-refractivity contribution in [1.29, 1.82) is 0 Å². The third-order valence-corrected chi connectivity index (χ3v) is 4.88. The molecule has 0 saturated carbocycles. The van der Waals surface area contributed by atoms with Crippen molar-refractivity contribution in [2.45, 2.75) is 25.3 Å². The van der Waals surface area contributed by atoms with Crippen molar-refractivity contribution in [3.63, 3.8) is 0 Å². The van der Waals surface area contributed by atoms with Crippen LogP contribution in [0.15, 0.2) is 24.5 Å². The minimum absolute atomic E-state index is 0.0187. The Morgan fingerprint density at radius 1 is 1.30 bits per heavy atom. The average molecular weight is 371 g/mol. The molecule has 3 heterocycles. The van der Waals surface area contributed by atoms with Crippen LogP contribution in [0.5, 0.6) is 11.5 Å². The zero-order valence-corrected chi connectivity index (χ0v) is 15.1. The van der Waals surface area contributed by atoms with Crippen LogP contribution in [0.25, 0.3) is 0 Å². The molecule has 0 bridgehead atoms. The first-order valence-corrected chi connectivity index (χ1v) is 8.93. The Hall–Kier alpha value is -3.10. The van der Waals surface area contributed by atoms with Gasteiger partial charge in [-0.2, -0.15) is 10.1 Å². The van der Waals surface area contributed by atoms with E-state index in [1.807, 2.05) is 17.0 Å². The molecule has 0 aliphatic carbocycles. The highest BCUT2D eigenvalue weighted by atomic mass is 16.5. The number of nitrogens with zero attached hydrogens (tertiary/aromatic N) is 4. The summed E-state index contributed by atoms with van der Waals surface area (Å²) in [5.41, 5.74) is 0.853. The standard InChI is InChI=1S/C18H21N5O4/c1-26-15-8-12(13-9-16(24)21-18-19-11-20-23(13)18)4-5-14(15)27-10-17(25)22-6-2-3-7-22/h4-5,8,11,13H,2-3,6-7,9-10H2,1H3,(H,19,20,21,24). The lowest BCUT2D eigenvalue weighted by molar-refractivity contribution is -0.132. The predicted octanol–water partition coefficient (Wildman–Crippen LogP) is 1.22. The normalized spacial score (nSPS) is 18.8. The number of anilines is 1. The lowest BCUT2D eigenvalue weighted by atomic mass is 10.0. The Balaban J connectivity index is 1.52. The number of hydrogen-bond acceptors (Lipinski definition) is 6. The van der Waals surface area contributed by atoms with Crippen molar-refractivity contribution in [2.24, 2.45) is 0 Å². The molecule has 1 atom stereocenters. The molecule has 9 nitrogen and oxygen atoms in total. The molecule has 0 spiro atoms. The maximum atomic E-state index is 12.2. The van der Waals surface area contributed by atoms with E-state index in [1.54, 1.807) is 17.9 Å². The number of ether oxygens (including phenoxy) is 2. The lowest BCUT2D eigenvalue weighted by Gasteiger charge is -2.24. The maximum absolute atomic E-state index is 12.2. The zero-order valence-electron chi connectivity index (χ0n) is 15.1. The quantitative estimate of drug-likeness (QED) is 0.849. The third kappa shape index (κ3) is 3.44. The first-order chi connectivity index (χ1) is 13.2. The summed E-state index contributed by atoms with van der Waals surface area (Å²) in [6, 6.07) is 5.15. The molecule has 2 aliphatic rings. The molecular formula is C18H21N5O4. The van der Waals surface area contributed by atoms with Gasteiger partial charge in [-0.05, 0) is 30.5 Å². The number of nitrogens with one attached hydrogen (secondary N) is 1. The van der Waals surface area contributed by atoms with E-state index in [4.69, 9.17) is 9.47 Å². The highest BCUT2D eigenvalue weighted by Gasteiger charge is 2.28. The summed E-state index contributed by atoms with van der Waals surface area (Å²) >= 11 is 0. The summed E-state index contributed by atoms with van der Waals surface area (Å²) < 4.78 is 12.8. The van der Waals surface area contributed by atoms with Crippen LogP contribution in [0.3, 0.4) is 0 Å². The minimum atomic E-state index is -0.273. The molecule has 2 amide bonds. The Labute approximate surface area is 156 Å². The fourth-order valence-electron chi connectivity index (χ4n) is 3.47. The average Bonchev–Trinajstić information content (AvgIpc) is 3.37. The summed E-state index contributed by atoms with van der Waals surface area (Å²) in [7, 11) is 1.54. The molecular weight excluding hydrogens is 350 g/mol. The van der Waals surface area contributed by atoms with Crippen molar-refractivity contribution in [3.8, 4) is 11.5 Å². The number of carbonyl (C=O) groups is 2. The topological polar surface area (TPSA) is 98.6 Å². The van der Waals surface area contributed by atoms with Gasteiger partial charge in [-0.25, -0.2) is 4.68 Å². The van der Waals surface area contributed by atoms with Gasteiger partial charge in [0, 0.05) is 13.1 Å². The van der Waals surface area contributed by atoms with E-state index < -0.39 is 0 Å². The highest BCUT2D eigenvalue weighted by molar-refractivity contribution is 5.91. The molecule has 0 radical (unpaired) electrons. The van der Waals surface area contributed by atoms with Crippen LogP contribution >= 0.6 is 0 Å². The second-order valence-corrected chi connectivity index (χ2v) is 6.58. The van der Waals surface area contributed by atoms with E-state index in [1.165, 1.54) is 6.33 Å². The van der Waals surface area contributed by atoms with E-state index in [2.05, 4.69) is 15.4 Å². The largest absolute Gasteiger partial charge is 0.493 e. The molecule has 142 valence electrons. The van der Waals surface area contributed by atoms with Crippen molar-refractivity contribution in [1.82, 2.24) is 19.7 Å². The molecule has 1 aromatic carbocycles. The Kier molecular flexibility index (Phi) is 4.66. The van der Waals surface area contributed by atoms with Crippen LogP contribution in [0.1, 0.15) is 30.9 Å². The van der Waals surface area contributed by atoms with Crippen molar-refractivity contribution >= 4 is 17.8 Å². The summed E-state index contributed by atoms with van der Waals surface area (Å²) in [5.74, 6) is 1.29. The van der Waals surface area contributed by atoms with Crippen molar-refractivity contribution < 1.29 is 19.1 Å². The number of aromatic nitrogens is 3. The van der Waals surface area contributed by atoms with Gasteiger partial charge in [-0.15, -0.1) is 0 Å². The number of benzene rings is 1. The molecule has 2 aromatic rings. The Bertz CT molecular complexity index is 859. The first kappa shape index (κ1) is 17.3. The van der Waals surface area contributed by atoms with E-state index in [0.29, 0.717) is 17.4 Å². The van der Waals surface area contributed by atoms with Crippen LogP contribution in [-0.4, -0.2) is 58.3 Å². The van der Waals surface area contributed by atoms with Gasteiger partial charge in [0.1, 0.15) is 6.33 Å².